The molecular formula is C11H13IO2. The van der Waals surface area contributed by atoms with Gasteiger partial charge in [0.25, 0.3) is 0 Å². The van der Waals surface area contributed by atoms with Crippen molar-refractivity contribution in [1.82, 2.24) is 0 Å². The second-order valence-corrected chi connectivity index (χ2v) is 4.25. The van der Waals surface area contributed by atoms with Gasteiger partial charge in [0.2, 0.25) is 0 Å². The lowest BCUT2D eigenvalue weighted by Crippen LogP contribution is -2.00. The molecule has 0 aromatic heterocycles. The second kappa shape index (κ2) is 4.77. The minimum atomic E-state index is 0.100. The van der Waals surface area contributed by atoms with Gasteiger partial charge in [0.1, 0.15) is 5.75 Å². The maximum atomic E-state index is 11.2. The molecule has 0 amide bonds. The predicted molar refractivity (Wildman–Crippen MR) is 65.1 cm³/mol. The molecule has 0 spiro atoms. The van der Waals surface area contributed by atoms with Crippen LogP contribution in [0.15, 0.2) is 12.1 Å². The number of carbonyl (C=O) groups excluding carboxylic acids is 1. The molecule has 1 aromatic rings. The molecule has 0 saturated heterocycles. The van der Waals surface area contributed by atoms with Gasteiger partial charge in [-0.05, 0) is 61.1 Å². The summed E-state index contributed by atoms with van der Waals surface area (Å²) in [5.74, 6) is 0.957. The van der Waals surface area contributed by atoms with Crippen molar-refractivity contribution in [2.75, 3.05) is 6.61 Å². The fourth-order valence-electron chi connectivity index (χ4n) is 1.30. The molecule has 0 radical (unpaired) electrons. The Morgan fingerprint density at radius 1 is 1.50 bits per heavy atom. The van der Waals surface area contributed by atoms with E-state index in [0.29, 0.717) is 6.61 Å². The van der Waals surface area contributed by atoms with Gasteiger partial charge in [-0.2, -0.15) is 0 Å². The van der Waals surface area contributed by atoms with Crippen LogP contribution in [0.3, 0.4) is 0 Å². The van der Waals surface area contributed by atoms with Gasteiger partial charge in [-0.1, -0.05) is 0 Å². The van der Waals surface area contributed by atoms with Crippen molar-refractivity contribution in [2.45, 2.75) is 20.8 Å². The van der Waals surface area contributed by atoms with E-state index >= 15 is 0 Å². The quantitative estimate of drug-likeness (QED) is 0.633. The lowest BCUT2D eigenvalue weighted by molar-refractivity contribution is 0.101. The lowest BCUT2D eigenvalue weighted by atomic mass is 10.1. The highest BCUT2D eigenvalue weighted by atomic mass is 127. The van der Waals surface area contributed by atoms with Crippen LogP contribution >= 0.6 is 22.6 Å². The topological polar surface area (TPSA) is 26.3 Å². The predicted octanol–water partition coefficient (Wildman–Crippen LogP) is 3.20. The molecule has 0 unspecified atom stereocenters. The van der Waals surface area contributed by atoms with Crippen molar-refractivity contribution in [3.05, 3.63) is 26.8 Å². The molecule has 0 aliphatic rings. The second-order valence-electron chi connectivity index (χ2n) is 3.09. The SMILES string of the molecule is CCOc1cc(C)c(C(C)=O)cc1I. The minimum Gasteiger partial charge on any atom is -0.493 e. The number of hydrogen-bond donors (Lipinski definition) is 0. The van der Waals surface area contributed by atoms with Gasteiger partial charge in [-0.25, -0.2) is 0 Å². The largest absolute Gasteiger partial charge is 0.493 e. The lowest BCUT2D eigenvalue weighted by Gasteiger charge is -2.09. The van der Waals surface area contributed by atoms with Crippen LogP contribution < -0.4 is 4.74 Å². The van der Waals surface area contributed by atoms with Gasteiger partial charge < -0.3 is 4.74 Å². The molecule has 1 rings (SSSR count). The summed E-state index contributed by atoms with van der Waals surface area (Å²) in [4.78, 5) is 11.2. The molecule has 0 fully saturated rings. The molecule has 0 aliphatic heterocycles. The van der Waals surface area contributed by atoms with E-state index < -0.39 is 0 Å². The average molecular weight is 304 g/mol. The standard InChI is InChI=1S/C11H13IO2/c1-4-14-11-5-7(2)9(8(3)13)6-10(11)12/h5-6H,4H2,1-3H3. The fraction of sp³-hybridized carbons (Fsp3) is 0.364. The number of aryl methyl sites for hydroxylation is 1. The van der Waals surface area contributed by atoms with E-state index in [9.17, 15) is 4.79 Å². The zero-order chi connectivity index (χ0) is 10.7. The van der Waals surface area contributed by atoms with Crippen LogP contribution in [0.4, 0.5) is 0 Å². The van der Waals surface area contributed by atoms with E-state index in [1.165, 1.54) is 0 Å². The first-order valence-electron chi connectivity index (χ1n) is 4.50. The number of ether oxygens (including phenoxy) is 1. The van der Waals surface area contributed by atoms with Crippen LogP contribution in [0, 0.1) is 10.5 Å². The number of benzene rings is 1. The van der Waals surface area contributed by atoms with Crippen LogP contribution in [-0.4, -0.2) is 12.4 Å². The molecule has 0 atom stereocenters. The number of rotatable bonds is 3. The summed E-state index contributed by atoms with van der Waals surface area (Å²) < 4.78 is 6.42. The van der Waals surface area contributed by atoms with Crippen LogP contribution in [0.25, 0.3) is 0 Å². The first-order valence-corrected chi connectivity index (χ1v) is 5.58. The minimum absolute atomic E-state index is 0.100. The highest BCUT2D eigenvalue weighted by Crippen LogP contribution is 2.25. The number of hydrogen-bond acceptors (Lipinski definition) is 2. The molecule has 76 valence electrons. The summed E-state index contributed by atoms with van der Waals surface area (Å²) in [5, 5.41) is 0. The number of carbonyl (C=O) groups is 1. The first-order chi connectivity index (χ1) is 6.56. The zero-order valence-electron chi connectivity index (χ0n) is 8.56. The normalized spacial score (nSPS) is 10.0. The Morgan fingerprint density at radius 2 is 2.14 bits per heavy atom. The highest BCUT2D eigenvalue weighted by Gasteiger charge is 2.09. The molecular weight excluding hydrogens is 291 g/mol. The van der Waals surface area contributed by atoms with E-state index in [1.54, 1.807) is 6.92 Å². The Hall–Kier alpha value is -0.580. The highest BCUT2D eigenvalue weighted by molar-refractivity contribution is 14.1. The number of halogens is 1. The van der Waals surface area contributed by atoms with Crippen molar-refractivity contribution in [1.29, 1.82) is 0 Å². The maximum Gasteiger partial charge on any atom is 0.160 e. The maximum absolute atomic E-state index is 11.2. The van der Waals surface area contributed by atoms with Gasteiger partial charge in [-0.3, -0.25) is 4.79 Å². The van der Waals surface area contributed by atoms with E-state index in [0.717, 1.165) is 20.4 Å². The van der Waals surface area contributed by atoms with Crippen molar-refractivity contribution in [2.24, 2.45) is 0 Å². The van der Waals surface area contributed by atoms with Gasteiger partial charge in [0.05, 0.1) is 10.2 Å². The van der Waals surface area contributed by atoms with Gasteiger partial charge in [0, 0.05) is 5.56 Å². The Bertz CT molecular complexity index is 359. The van der Waals surface area contributed by atoms with Crippen LogP contribution in [0.2, 0.25) is 0 Å². The molecule has 0 heterocycles. The Kier molecular flexibility index (Phi) is 3.92. The van der Waals surface area contributed by atoms with E-state index in [1.807, 2.05) is 26.0 Å². The summed E-state index contributed by atoms with van der Waals surface area (Å²) in [7, 11) is 0. The van der Waals surface area contributed by atoms with Gasteiger partial charge in [-0.15, -0.1) is 0 Å². The van der Waals surface area contributed by atoms with E-state index in [4.69, 9.17) is 4.74 Å². The third-order valence-electron chi connectivity index (χ3n) is 1.96. The van der Waals surface area contributed by atoms with Crippen molar-refractivity contribution in [3.8, 4) is 5.75 Å². The zero-order valence-corrected chi connectivity index (χ0v) is 10.7. The Balaban J connectivity index is 3.17. The third kappa shape index (κ3) is 2.47. The van der Waals surface area contributed by atoms with Crippen molar-refractivity contribution in [3.63, 3.8) is 0 Å². The van der Waals surface area contributed by atoms with E-state index in [2.05, 4.69) is 22.6 Å². The number of ketones is 1. The number of Topliss-reactive ketones (excluding diaryl/α,β-unsaturated/α-hetero) is 1. The van der Waals surface area contributed by atoms with Crippen LogP contribution in [0.1, 0.15) is 29.8 Å². The van der Waals surface area contributed by atoms with Crippen LogP contribution in [-0.2, 0) is 0 Å². The summed E-state index contributed by atoms with van der Waals surface area (Å²) in [6.07, 6.45) is 0. The molecule has 0 bridgehead atoms. The molecule has 0 saturated carbocycles. The Morgan fingerprint density at radius 3 is 2.64 bits per heavy atom. The third-order valence-corrected chi connectivity index (χ3v) is 2.80. The first kappa shape index (κ1) is 11.5. The fourth-order valence-corrected chi connectivity index (χ4v) is 1.92. The van der Waals surface area contributed by atoms with Crippen molar-refractivity contribution < 1.29 is 9.53 Å². The summed E-state index contributed by atoms with van der Waals surface area (Å²) in [5.41, 5.74) is 1.75. The van der Waals surface area contributed by atoms with Gasteiger partial charge in [0.15, 0.2) is 5.78 Å². The summed E-state index contributed by atoms with van der Waals surface area (Å²) in [6, 6.07) is 3.80. The van der Waals surface area contributed by atoms with E-state index in [-0.39, 0.29) is 5.78 Å². The van der Waals surface area contributed by atoms with Crippen LogP contribution in [0.5, 0.6) is 5.75 Å². The van der Waals surface area contributed by atoms with Crippen molar-refractivity contribution >= 4 is 28.4 Å². The summed E-state index contributed by atoms with van der Waals surface area (Å²) in [6.45, 7) is 6.10. The monoisotopic (exact) mass is 304 g/mol. The molecule has 3 heteroatoms. The molecule has 14 heavy (non-hydrogen) atoms. The molecule has 2 nitrogen and oxygen atoms in total. The Labute approximate surface area is 97.8 Å². The molecule has 0 aliphatic carbocycles. The van der Waals surface area contributed by atoms with Gasteiger partial charge >= 0.3 is 0 Å². The molecule has 0 N–H and O–H groups in total. The average Bonchev–Trinajstić information content (AvgIpc) is 2.10. The smallest absolute Gasteiger partial charge is 0.160 e. The summed E-state index contributed by atoms with van der Waals surface area (Å²) >= 11 is 2.18. The molecule has 1 aromatic carbocycles.